The van der Waals surface area contributed by atoms with Crippen LogP contribution in [0.3, 0.4) is 0 Å². The summed E-state index contributed by atoms with van der Waals surface area (Å²) in [6.45, 7) is 0. The zero-order chi connectivity index (χ0) is 14.4. The van der Waals surface area contributed by atoms with Crippen molar-refractivity contribution in [2.75, 3.05) is 0 Å². The van der Waals surface area contributed by atoms with Crippen LogP contribution in [0.15, 0.2) is 59.4 Å². The molecule has 3 aromatic rings. The standard InChI is InChI=1S/C18H13NO2/c20-17-14-10-12-8-4-5-9-13(12)16(14)19-18(21)15(17)11-6-2-1-3-7-11/h1-9H,10H2,(H2,19,20,21). The van der Waals surface area contributed by atoms with Gasteiger partial charge in [-0.1, -0.05) is 54.6 Å². The Kier molecular flexibility index (Phi) is 2.48. The summed E-state index contributed by atoms with van der Waals surface area (Å²) < 4.78 is 0. The van der Waals surface area contributed by atoms with Crippen LogP contribution in [0, 0.1) is 0 Å². The third kappa shape index (κ3) is 1.71. The van der Waals surface area contributed by atoms with Gasteiger partial charge in [-0.2, -0.15) is 0 Å². The van der Waals surface area contributed by atoms with Gasteiger partial charge in [0.2, 0.25) is 0 Å². The fraction of sp³-hybridized carbons (Fsp3) is 0.0556. The van der Waals surface area contributed by atoms with E-state index in [1.807, 2.05) is 54.6 Å². The molecule has 4 rings (SSSR count). The molecule has 0 unspecified atom stereocenters. The van der Waals surface area contributed by atoms with E-state index in [0.717, 1.165) is 27.9 Å². The van der Waals surface area contributed by atoms with Gasteiger partial charge < -0.3 is 10.1 Å². The number of H-pyrrole nitrogens is 1. The van der Waals surface area contributed by atoms with Crippen LogP contribution >= 0.6 is 0 Å². The molecule has 0 fully saturated rings. The number of aromatic amines is 1. The first-order valence-corrected chi connectivity index (χ1v) is 6.87. The van der Waals surface area contributed by atoms with Crippen molar-refractivity contribution >= 4 is 0 Å². The summed E-state index contributed by atoms with van der Waals surface area (Å²) in [5.41, 5.74) is 4.50. The van der Waals surface area contributed by atoms with Crippen LogP contribution in [-0.4, -0.2) is 10.1 Å². The quantitative estimate of drug-likeness (QED) is 0.560. The highest BCUT2D eigenvalue weighted by molar-refractivity contribution is 5.81. The highest BCUT2D eigenvalue weighted by Crippen LogP contribution is 2.41. The lowest BCUT2D eigenvalue weighted by atomic mass is 10.0. The molecule has 0 bridgehead atoms. The number of pyridine rings is 1. The van der Waals surface area contributed by atoms with E-state index >= 15 is 0 Å². The summed E-state index contributed by atoms with van der Waals surface area (Å²) in [5.74, 6) is 0.0937. The summed E-state index contributed by atoms with van der Waals surface area (Å²) >= 11 is 0. The molecule has 3 nitrogen and oxygen atoms in total. The van der Waals surface area contributed by atoms with E-state index in [9.17, 15) is 9.90 Å². The molecular weight excluding hydrogens is 262 g/mol. The Bertz CT molecular complexity index is 895. The number of hydrogen-bond donors (Lipinski definition) is 2. The maximum atomic E-state index is 12.4. The van der Waals surface area contributed by atoms with Crippen molar-refractivity contribution in [3.8, 4) is 28.1 Å². The second-order valence-corrected chi connectivity index (χ2v) is 5.23. The molecule has 0 amide bonds. The molecule has 0 saturated heterocycles. The first-order chi connectivity index (χ1) is 10.3. The average molecular weight is 275 g/mol. The molecule has 102 valence electrons. The largest absolute Gasteiger partial charge is 0.507 e. The highest BCUT2D eigenvalue weighted by Gasteiger charge is 2.25. The number of aromatic nitrogens is 1. The van der Waals surface area contributed by atoms with Crippen LogP contribution in [0.5, 0.6) is 5.75 Å². The SMILES string of the molecule is O=c1[nH]c2c(c(O)c1-c1ccccc1)Cc1ccccc1-2. The Labute approximate surface area is 121 Å². The van der Waals surface area contributed by atoms with Crippen LogP contribution in [0.1, 0.15) is 11.1 Å². The molecule has 2 aromatic carbocycles. The van der Waals surface area contributed by atoms with Crippen LogP contribution in [-0.2, 0) is 6.42 Å². The van der Waals surface area contributed by atoms with Crippen molar-refractivity contribution < 1.29 is 5.11 Å². The Balaban J connectivity index is 2.00. The Morgan fingerprint density at radius 3 is 2.48 bits per heavy atom. The van der Waals surface area contributed by atoms with Crippen molar-refractivity contribution in [2.24, 2.45) is 0 Å². The molecule has 0 spiro atoms. The van der Waals surface area contributed by atoms with Crippen molar-refractivity contribution in [1.82, 2.24) is 4.98 Å². The van der Waals surface area contributed by atoms with Crippen molar-refractivity contribution in [2.45, 2.75) is 6.42 Å². The molecule has 0 aliphatic heterocycles. The topological polar surface area (TPSA) is 53.1 Å². The van der Waals surface area contributed by atoms with E-state index in [2.05, 4.69) is 4.98 Å². The van der Waals surface area contributed by atoms with Gasteiger partial charge in [-0.3, -0.25) is 4.79 Å². The van der Waals surface area contributed by atoms with E-state index in [-0.39, 0.29) is 11.3 Å². The van der Waals surface area contributed by atoms with E-state index < -0.39 is 0 Å². The zero-order valence-electron chi connectivity index (χ0n) is 11.3. The van der Waals surface area contributed by atoms with Gasteiger partial charge in [0.15, 0.2) is 0 Å². The zero-order valence-corrected chi connectivity index (χ0v) is 11.3. The normalized spacial score (nSPS) is 12.0. The van der Waals surface area contributed by atoms with Gasteiger partial charge in [-0.15, -0.1) is 0 Å². The number of nitrogens with one attached hydrogen (secondary N) is 1. The van der Waals surface area contributed by atoms with Gasteiger partial charge in [-0.05, 0) is 11.1 Å². The number of benzene rings is 2. The third-order valence-corrected chi connectivity index (χ3v) is 4.01. The molecule has 3 heteroatoms. The first-order valence-electron chi connectivity index (χ1n) is 6.87. The fourth-order valence-electron chi connectivity index (χ4n) is 3.01. The molecule has 1 aliphatic carbocycles. The third-order valence-electron chi connectivity index (χ3n) is 4.01. The van der Waals surface area contributed by atoms with Gasteiger partial charge in [0.05, 0.1) is 11.3 Å². The molecular formula is C18H13NO2. The summed E-state index contributed by atoms with van der Waals surface area (Å²) in [7, 11) is 0. The Hall–Kier alpha value is -2.81. The van der Waals surface area contributed by atoms with Gasteiger partial charge in [0.1, 0.15) is 5.75 Å². The molecule has 0 atom stereocenters. The summed E-state index contributed by atoms with van der Waals surface area (Å²) in [5, 5.41) is 10.6. The van der Waals surface area contributed by atoms with Crippen molar-refractivity contribution in [3.05, 3.63) is 76.1 Å². The average Bonchev–Trinajstić information content (AvgIpc) is 2.88. The molecule has 0 saturated carbocycles. The molecule has 21 heavy (non-hydrogen) atoms. The summed E-state index contributed by atoms with van der Waals surface area (Å²) in [6, 6.07) is 17.2. The minimum atomic E-state index is -0.255. The number of fused-ring (bicyclic) bond motifs is 3. The molecule has 1 aromatic heterocycles. The first kappa shape index (κ1) is 12.0. The fourth-order valence-corrected chi connectivity index (χ4v) is 3.01. The lowest BCUT2D eigenvalue weighted by Gasteiger charge is -2.09. The van der Waals surface area contributed by atoms with E-state index in [4.69, 9.17) is 0 Å². The van der Waals surface area contributed by atoms with E-state index in [1.165, 1.54) is 0 Å². The summed E-state index contributed by atoms with van der Waals surface area (Å²) in [6.07, 6.45) is 0.647. The van der Waals surface area contributed by atoms with Crippen LogP contribution in [0.25, 0.3) is 22.4 Å². The van der Waals surface area contributed by atoms with Crippen molar-refractivity contribution in [1.29, 1.82) is 0 Å². The second-order valence-electron chi connectivity index (χ2n) is 5.23. The molecule has 0 radical (unpaired) electrons. The number of rotatable bonds is 1. The summed E-state index contributed by atoms with van der Waals surface area (Å²) in [4.78, 5) is 15.3. The van der Waals surface area contributed by atoms with Crippen LogP contribution in [0.2, 0.25) is 0 Å². The van der Waals surface area contributed by atoms with E-state index in [1.54, 1.807) is 0 Å². The van der Waals surface area contributed by atoms with Gasteiger partial charge in [-0.25, -0.2) is 0 Å². The van der Waals surface area contributed by atoms with Gasteiger partial charge >= 0.3 is 0 Å². The van der Waals surface area contributed by atoms with Crippen molar-refractivity contribution in [3.63, 3.8) is 0 Å². The lowest BCUT2D eigenvalue weighted by molar-refractivity contribution is 0.471. The second kappa shape index (κ2) is 4.35. The number of aromatic hydroxyl groups is 1. The lowest BCUT2D eigenvalue weighted by Crippen LogP contribution is -2.11. The highest BCUT2D eigenvalue weighted by atomic mass is 16.3. The smallest absolute Gasteiger partial charge is 0.260 e. The monoisotopic (exact) mass is 275 g/mol. The molecule has 1 aliphatic rings. The minimum absolute atomic E-state index is 0.0937. The maximum Gasteiger partial charge on any atom is 0.260 e. The molecule has 1 heterocycles. The maximum absolute atomic E-state index is 12.4. The Morgan fingerprint density at radius 1 is 0.952 bits per heavy atom. The van der Waals surface area contributed by atoms with Crippen LogP contribution < -0.4 is 5.56 Å². The minimum Gasteiger partial charge on any atom is -0.507 e. The number of hydrogen-bond acceptors (Lipinski definition) is 2. The van der Waals surface area contributed by atoms with E-state index in [0.29, 0.717) is 12.0 Å². The predicted molar refractivity (Wildman–Crippen MR) is 82.4 cm³/mol. The Morgan fingerprint density at radius 2 is 1.67 bits per heavy atom. The van der Waals surface area contributed by atoms with Gasteiger partial charge in [0, 0.05) is 17.5 Å². The van der Waals surface area contributed by atoms with Gasteiger partial charge in [0.25, 0.3) is 5.56 Å². The van der Waals surface area contributed by atoms with Crippen LogP contribution in [0.4, 0.5) is 0 Å². The molecule has 2 N–H and O–H groups in total. The predicted octanol–water partition coefficient (Wildman–Crippen LogP) is 3.32.